The van der Waals surface area contributed by atoms with Gasteiger partial charge in [0.15, 0.2) is 0 Å². The van der Waals surface area contributed by atoms with Gasteiger partial charge in [-0.3, -0.25) is 4.52 Å². The van der Waals surface area contributed by atoms with Gasteiger partial charge in [-0.1, -0.05) is 18.6 Å². The number of hydrogen-bond donors (Lipinski definition) is 3. The summed E-state index contributed by atoms with van der Waals surface area (Å²) in [5, 5.41) is 0. The van der Waals surface area contributed by atoms with E-state index in [2.05, 4.69) is 8.83 Å². The van der Waals surface area contributed by atoms with Crippen molar-refractivity contribution < 1.29 is 32.6 Å². The van der Waals surface area contributed by atoms with Crippen molar-refractivity contribution in [3.05, 3.63) is 11.6 Å². The molecule has 0 saturated heterocycles. The molecule has 0 radical (unpaired) electrons. The summed E-state index contributed by atoms with van der Waals surface area (Å²) in [7, 11) is -9.70. The lowest BCUT2D eigenvalue weighted by atomic mass is 10.1. The third-order valence-corrected chi connectivity index (χ3v) is 3.93. The van der Waals surface area contributed by atoms with Crippen LogP contribution in [-0.4, -0.2) is 21.3 Å². The molecule has 0 aliphatic carbocycles. The van der Waals surface area contributed by atoms with Gasteiger partial charge in [0.05, 0.1) is 6.61 Å². The fourth-order valence-electron chi connectivity index (χ4n) is 0.975. The second-order valence-corrected chi connectivity index (χ2v) is 5.75. The van der Waals surface area contributed by atoms with Crippen molar-refractivity contribution >= 4 is 15.6 Å². The first-order chi connectivity index (χ1) is 7.20. The van der Waals surface area contributed by atoms with Crippen molar-refractivity contribution in [2.75, 3.05) is 6.61 Å². The zero-order chi connectivity index (χ0) is 12.8. The van der Waals surface area contributed by atoms with Crippen LogP contribution in [0.15, 0.2) is 11.6 Å². The molecule has 0 aromatic rings. The van der Waals surface area contributed by atoms with Crippen LogP contribution in [0.2, 0.25) is 0 Å². The van der Waals surface area contributed by atoms with E-state index in [-0.39, 0.29) is 6.61 Å². The van der Waals surface area contributed by atoms with Crippen molar-refractivity contribution in [2.24, 2.45) is 0 Å². The molecule has 7 nitrogen and oxygen atoms in total. The van der Waals surface area contributed by atoms with Crippen molar-refractivity contribution in [3.8, 4) is 0 Å². The Morgan fingerprint density at radius 1 is 1.31 bits per heavy atom. The van der Waals surface area contributed by atoms with Gasteiger partial charge in [0.1, 0.15) is 0 Å². The Morgan fingerprint density at radius 3 is 2.25 bits per heavy atom. The third kappa shape index (κ3) is 8.19. The Kier molecular flexibility index (Phi) is 6.67. The fraction of sp³-hybridized carbons (Fsp3) is 0.714. The molecule has 0 aromatic heterocycles. The minimum atomic E-state index is -5.02. The molecule has 0 saturated carbocycles. The molecule has 0 fully saturated rings. The zero-order valence-electron chi connectivity index (χ0n) is 9.07. The Labute approximate surface area is 93.9 Å². The number of phosphoric ester groups is 1. The normalized spacial score (nSPS) is 17.2. The SMILES string of the molecule is C/C=C(/CC)CCOP(=O)(O)OP(=O)(O)O. The monoisotopic (exact) mass is 274 g/mol. The highest BCUT2D eigenvalue weighted by atomic mass is 31.3. The second-order valence-electron chi connectivity index (χ2n) is 2.92. The average molecular weight is 274 g/mol. The molecule has 0 amide bonds. The lowest BCUT2D eigenvalue weighted by Gasteiger charge is -2.12. The average Bonchev–Trinajstić information content (AvgIpc) is 2.08. The van der Waals surface area contributed by atoms with Crippen LogP contribution in [0.4, 0.5) is 0 Å². The van der Waals surface area contributed by atoms with Crippen LogP contribution in [0, 0.1) is 0 Å². The first kappa shape index (κ1) is 16.0. The summed E-state index contributed by atoms with van der Waals surface area (Å²) in [4.78, 5) is 25.5. The molecular formula is C7H16O7P2. The van der Waals surface area contributed by atoms with E-state index in [1.165, 1.54) is 0 Å². The minimum absolute atomic E-state index is 0.138. The third-order valence-electron chi connectivity index (χ3n) is 1.75. The van der Waals surface area contributed by atoms with Gasteiger partial charge in [0.2, 0.25) is 0 Å². The Balaban J connectivity index is 4.11. The smallest absolute Gasteiger partial charge is 0.302 e. The van der Waals surface area contributed by atoms with Crippen molar-refractivity contribution in [2.45, 2.75) is 26.7 Å². The molecule has 0 aliphatic heterocycles. The summed E-state index contributed by atoms with van der Waals surface area (Å²) < 4.78 is 29.3. The first-order valence-electron chi connectivity index (χ1n) is 4.58. The maximum atomic E-state index is 11.0. The molecule has 0 aromatic carbocycles. The standard InChI is InChI=1S/C7H16O7P2/c1-3-7(4-2)5-6-13-16(11,12)14-15(8,9)10/h3H,4-6H2,1-2H3,(H,11,12)(H2,8,9,10)/b7-3-. The molecule has 3 N–H and O–H groups in total. The van der Waals surface area contributed by atoms with E-state index in [4.69, 9.17) is 14.7 Å². The summed E-state index contributed by atoms with van der Waals surface area (Å²) in [5.74, 6) is 0. The number of hydrogen-bond acceptors (Lipinski definition) is 4. The molecule has 96 valence electrons. The van der Waals surface area contributed by atoms with Gasteiger partial charge in [-0.15, -0.1) is 0 Å². The van der Waals surface area contributed by atoms with E-state index in [0.29, 0.717) is 6.42 Å². The molecule has 0 aliphatic rings. The van der Waals surface area contributed by atoms with E-state index in [0.717, 1.165) is 12.0 Å². The van der Waals surface area contributed by atoms with E-state index >= 15 is 0 Å². The Hall–Kier alpha value is -0.0000000000000000416. The van der Waals surface area contributed by atoms with Gasteiger partial charge in [-0.25, -0.2) is 9.13 Å². The molecular weight excluding hydrogens is 258 g/mol. The maximum absolute atomic E-state index is 11.0. The molecule has 0 spiro atoms. The lowest BCUT2D eigenvalue weighted by Crippen LogP contribution is -1.97. The molecule has 0 bridgehead atoms. The topological polar surface area (TPSA) is 113 Å². The van der Waals surface area contributed by atoms with Crippen LogP contribution in [0.25, 0.3) is 0 Å². The van der Waals surface area contributed by atoms with Crippen LogP contribution in [0.5, 0.6) is 0 Å². The molecule has 1 unspecified atom stereocenters. The minimum Gasteiger partial charge on any atom is -0.302 e. The van der Waals surface area contributed by atoms with E-state index in [1.54, 1.807) is 0 Å². The quantitative estimate of drug-likeness (QED) is 0.480. The highest BCUT2D eigenvalue weighted by Crippen LogP contribution is 2.57. The van der Waals surface area contributed by atoms with Crippen LogP contribution in [0.3, 0.4) is 0 Å². The van der Waals surface area contributed by atoms with Gasteiger partial charge < -0.3 is 14.7 Å². The second kappa shape index (κ2) is 6.67. The van der Waals surface area contributed by atoms with Gasteiger partial charge in [-0.05, 0) is 19.8 Å². The summed E-state index contributed by atoms with van der Waals surface area (Å²) in [6.07, 6.45) is 3.02. The highest BCUT2D eigenvalue weighted by Gasteiger charge is 2.31. The summed E-state index contributed by atoms with van der Waals surface area (Å²) in [5.41, 5.74) is 1.01. The number of allylic oxidation sites excluding steroid dienone is 1. The van der Waals surface area contributed by atoms with E-state index < -0.39 is 15.6 Å². The maximum Gasteiger partial charge on any atom is 0.481 e. The predicted octanol–water partition coefficient (Wildman–Crippen LogP) is 1.96. The molecule has 0 rings (SSSR count). The lowest BCUT2D eigenvalue weighted by molar-refractivity contribution is 0.179. The molecule has 1 atom stereocenters. The molecule has 0 heterocycles. The van der Waals surface area contributed by atoms with Crippen molar-refractivity contribution in [1.82, 2.24) is 0 Å². The van der Waals surface area contributed by atoms with Crippen LogP contribution >= 0.6 is 15.6 Å². The van der Waals surface area contributed by atoms with Crippen molar-refractivity contribution in [1.29, 1.82) is 0 Å². The van der Waals surface area contributed by atoms with Crippen molar-refractivity contribution in [3.63, 3.8) is 0 Å². The van der Waals surface area contributed by atoms with Crippen LogP contribution in [-0.2, 0) is 18.0 Å². The van der Waals surface area contributed by atoms with Gasteiger partial charge in [-0.2, -0.15) is 4.31 Å². The largest absolute Gasteiger partial charge is 0.481 e. The first-order valence-corrected chi connectivity index (χ1v) is 7.61. The number of rotatable bonds is 7. The summed E-state index contributed by atoms with van der Waals surface area (Å²) >= 11 is 0. The summed E-state index contributed by atoms with van der Waals surface area (Å²) in [6, 6.07) is 0. The van der Waals surface area contributed by atoms with Crippen LogP contribution < -0.4 is 0 Å². The van der Waals surface area contributed by atoms with E-state index in [9.17, 15) is 9.13 Å². The number of phosphoric acid groups is 2. The fourth-order valence-corrected chi connectivity index (χ4v) is 2.56. The molecule has 16 heavy (non-hydrogen) atoms. The Bertz CT molecular complexity index is 332. The molecule has 9 heteroatoms. The summed E-state index contributed by atoms with van der Waals surface area (Å²) in [6.45, 7) is 3.60. The Morgan fingerprint density at radius 2 is 1.88 bits per heavy atom. The zero-order valence-corrected chi connectivity index (χ0v) is 10.9. The van der Waals surface area contributed by atoms with Gasteiger partial charge >= 0.3 is 15.6 Å². The van der Waals surface area contributed by atoms with Gasteiger partial charge in [0.25, 0.3) is 0 Å². The van der Waals surface area contributed by atoms with Gasteiger partial charge in [0, 0.05) is 0 Å². The highest BCUT2D eigenvalue weighted by molar-refractivity contribution is 7.60. The van der Waals surface area contributed by atoms with Crippen LogP contribution in [0.1, 0.15) is 26.7 Å². The predicted molar refractivity (Wildman–Crippen MR) is 57.6 cm³/mol. The van der Waals surface area contributed by atoms with E-state index in [1.807, 2.05) is 19.9 Å².